The summed E-state index contributed by atoms with van der Waals surface area (Å²) < 4.78 is 0. The van der Waals surface area contributed by atoms with Crippen molar-refractivity contribution in [2.45, 2.75) is 56.3 Å². The summed E-state index contributed by atoms with van der Waals surface area (Å²) in [6, 6.07) is 6.69. The fraction of sp³-hybridized carbons (Fsp3) is 0.611. The van der Waals surface area contributed by atoms with E-state index >= 15 is 0 Å². The van der Waals surface area contributed by atoms with E-state index in [1.165, 1.54) is 24.8 Å². The Morgan fingerprint density at radius 3 is 2.90 bits per heavy atom. The van der Waals surface area contributed by atoms with Crippen LogP contribution in [0.25, 0.3) is 0 Å². The third-order valence-electron chi connectivity index (χ3n) is 6.42. The summed E-state index contributed by atoms with van der Waals surface area (Å²) in [5.74, 6) is 2.60. The van der Waals surface area contributed by atoms with Crippen LogP contribution in [0.15, 0.2) is 23.1 Å². The molecule has 0 heterocycles. The number of aryl methyl sites for hydroxylation is 1. The summed E-state index contributed by atoms with van der Waals surface area (Å²) >= 11 is 4.48. The van der Waals surface area contributed by atoms with Crippen molar-refractivity contribution in [3.05, 3.63) is 29.3 Å². The molecule has 0 aliphatic heterocycles. The van der Waals surface area contributed by atoms with Crippen LogP contribution in [0.3, 0.4) is 0 Å². The van der Waals surface area contributed by atoms with Crippen molar-refractivity contribution in [2.75, 3.05) is 0 Å². The molecule has 2 saturated carbocycles. The van der Waals surface area contributed by atoms with Gasteiger partial charge in [-0.05, 0) is 73.1 Å². The minimum absolute atomic E-state index is 0.00214. The molecule has 106 valence electrons. The monoisotopic (exact) mass is 286 g/mol. The molecule has 2 fully saturated rings. The van der Waals surface area contributed by atoms with Crippen LogP contribution in [0.1, 0.15) is 56.1 Å². The molecule has 4 unspecified atom stereocenters. The first kappa shape index (κ1) is 12.9. The van der Waals surface area contributed by atoms with Gasteiger partial charge >= 0.3 is 0 Å². The Hall–Kier alpha value is -0.760. The lowest BCUT2D eigenvalue weighted by atomic mass is 9.55. The lowest BCUT2D eigenvalue weighted by Crippen LogP contribution is -2.42. The molecule has 4 atom stereocenters. The fourth-order valence-electron chi connectivity index (χ4n) is 5.34. The first-order valence-electron chi connectivity index (χ1n) is 7.95. The van der Waals surface area contributed by atoms with E-state index in [0.717, 1.165) is 30.1 Å². The lowest BCUT2D eigenvalue weighted by Gasteiger charge is -2.48. The van der Waals surface area contributed by atoms with E-state index in [2.05, 4.69) is 37.8 Å². The van der Waals surface area contributed by atoms with Crippen molar-refractivity contribution in [1.29, 1.82) is 0 Å². The Kier molecular flexibility index (Phi) is 2.82. The Balaban J connectivity index is 1.73. The van der Waals surface area contributed by atoms with Crippen LogP contribution in [0.5, 0.6) is 0 Å². The average Bonchev–Trinajstić information content (AvgIpc) is 2.74. The molecular formula is C18H22OS. The van der Waals surface area contributed by atoms with Gasteiger partial charge in [0, 0.05) is 16.7 Å². The molecule has 0 radical (unpaired) electrons. The second-order valence-electron chi connectivity index (χ2n) is 7.22. The summed E-state index contributed by atoms with van der Waals surface area (Å²) in [6.45, 7) is 2.25. The molecule has 0 aromatic heterocycles. The van der Waals surface area contributed by atoms with E-state index in [1.807, 2.05) is 0 Å². The second kappa shape index (κ2) is 4.37. The highest BCUT2D eigenvalue weighted by Crippen LogP contribution is 2.59. The third-order valence-corrected chi connectivity index (χ3v) is 6.70. The van der Waals surface area contributed by atoms with Gasteiger partial charge in [-0.3, -0.25) is 4.79 Å². The number of benzene rings is 1. The number of Topliss-reactive ketones (excluding diaryl/α,β-unsaturated/α-hetero) is 1. The van der Waals surface area contributed by atoms with E-state index in [9.17, 15) is 4.79 Å². The molecule has 4 rings (SSSR count). The van der Waals surface area contributed by atoms with Crippen LogP contribution in [-0.2, 0) is 11.2 Å². The Morgan fingerprint density at radius 1 is 1.20 bits per heavy atom. The highest BCUT2D eigenvalue weighted by atomic mass is 32.1. The van der Waals surface area contributed by atoms with Crippen LogP contribution in [0, 0.1) is 17.3 Å². The fourth-order valence-corrected chi connectivity index (χ4v) is 5.57. The van der Waals surface area contributed by atoms with Crippen molar-refractivity contribution in [1.82, 2.24) is 0 Å². The molecule has 0 N–H and O–H groups in total. The molecule has 1 nitrogen and oxygen atoms in total. The van der Waals surface area contributed by atoms with Gasteiger partial charge in [0.25, 0.3) is 0 Å². The number of carbonyl (C=O) groups excluding carboxylic acids is 1. The largest absolute Gasteiger partial charge is 0.299 e. The topological polar surface area (TPSA) is 17.1 Å². The summed E-state index contributed by atoms with van der Waals surface area (Å²) in [6.07, 6.45) is 6.69. The van der Waals surface area contributed by atoms with Gasteiger partial charge in [-0.2, -0.15) is 0 Å². The van der Waals surface area contributed by atoms with Crippen molar-refractivity contribution < 1.29 is 4.79 Å². The predicted octanol–water partition coefficient (Wildman–Crippen LogP) is 4.40. The first-order chi connectivity index (χ1) is 9.59. The molecule has 3 aliphatic carbocycles. The van der Waals surface area contributed by atoms with Gasteiger partial charge in [-0.15, -0.1) is 12.6 Å². The summed E-state index contributed by atoms with van der Waals surface area (Å²) in [7, 11) is 0. The average molecular weight is 286 g/mol. The molecule has 0 spiro atoms. The number of carbonyl (C=O) groups is 1. The second-order valence-corrected chi connectivity index (χ2v) is 7.73. The van der Waals surface area contributed by atoms with Gasteiger partial charge in [0.1, 0.15) is 5.78 Å². The van der Waals surface area contributed by atoms with E-state index in [0.29, 0.717) is 17.6 Å². The molecular weight excluding hydrogens is 264 g/mol. The number of hydrogen-bond acceptors (Lipinski definition) is 2. The van der Waals surface area contributed by atoms with Gasteiger partial charge in [0.15, 0.2) is 0 Å². The van der Waals surface area contributed by atoms with Gasteiger partial charge in [-0.25, -0.2) is 0 Å². The molecule has 2 heteroatoms. The molecule has 0 amide bonds. The Morgan fingerprint density at radius 2 is 2.05 bits per heavy atom. The Bertz CT molecular complexity index is 579. The third kappa shape index (κ3) is 1.67. The molecule has 20 heavy (non-hydrogen) atoms. The normalized spacial score (nSPS) is 39.1. The highest BCUT2D eigenvalue weighted by molar-refractivity contribution is 7.80. The van der Waals surface area contributed by atoms with E-state index < -0.39 is 0 Å². The molecule has 1 aromatic carbocycles. The zero-order valence-corrected chi connectivity index (χ0v) is 13.0. The van der Waals surface area contributed by atoms with Crippen molar-refractivity contribution in [3.8, 4) is 0 Å². The number of hydrogen-bond donors (Lipinski definition) is 1. The minimum Gasteiger partial charge on any atom is -0.299 e. The SMILES string of the molecule is CC12CCC3c4ccc(S)cc4CCC3C1CCC2=O. The number of ketones is 1. The first-order valence-corrected chi connectivity index (χ1v) is 8.39. The van der Waals surface area contributed by atoms with E-state index in [-0.39, 0.29) is 5.41 Å². The van der Waals surface area contributed by atoms with Crippen LogP contribution in [0.4, 0.5) is 0 Å². The standard InChI is InChI=1S/C18H22OS/c1-18-9-8-14-13-5-3-12(20)10-11(13)2-4-15(14)16(18)6-7-17(18)19/h3,5,10,14-16,20H,2,4,6-9H2,1H3. The predicted molar refractivity (Wildman–Crippen MR) is 83.3 cm³/mol. The van der Waals surface area contributed by atoms with Gasteiger partial charge in [0.2, 0.25) is 0 Å². The maximum absolute atomic E-state index is 12.3. The maximum Gasteiger partial charge on any atom is 0.139 e. The number of rotatable bonds is 0. The summed E-state index contributed by atoms with van der Waals surface area (Å²) in [4.78, 5) is 13.4. The van der Waals surface area contributed by atoms with Crippen molar-refractivity contribution in [2.24, 2.45) is 17.3 Å². The van der Waals surface area contributed by atoms with Crippen molar-refractivity contribution >= 4 is 18.4 Å². The molecule has 1 aromatic rings. The lowest BCUT2D eigenvalue weighted by molar-refractivity contribution is -0.129. The maximum atomic E-state index is 12.3. The van der Waals surface area contributed by atoms with E-state index in [1.54, 1.807) is 5.56 Å². The summed E-state index contributed by atoms with van der Waals surface area (Å²) in [5.41, 5.74) is 3.06. The zero-order chi connectivity index (χ0) is 13.9. The van der Waals surface area contributed by atoms with Crippen LogP contribution in [0.2, 0.25) is 0 Å². The molecule has 0 saturated heterocycles. The number of thiol groups is 1. The molecule has 3 aliphatic rings. The van der Waals surface area contributed by atoms with E-state index in [4.69, 9.17) is 0 Å². The van der Waals surface area contributed by atoms with Crippen molar-refractivity contribution in [3.63, 3.8) is 0 Å². The highest BCUT2D eigenvalue weighted by Gasteiger charge is 2.54. The molecule has 0 bridgehead atoms. The van der Waals surface area contributed by atoms with Gasteiger partial charge in [-0.1, -0.05) is 13.0 Å². The zero-order valence-electron chi connectivity index (χ0n) is 12.1. The van der Waals surface area contributed by atoms with Gasteiger partial charge < -0.3 is 0 Å². The smallest absolute Gasteiger partial charge is 0.139 e. The summed E-state index contributed by atoms with van der Waals surface area (Å²) in [5, 5.41) is 0. The van der Waals surface area contributed by atoms with Gasteiger partial charge in [0.05, 0.1) is 0 Å². The van der Waals surface area contributed by atoms with Crippen LogP contribution in [-0.4, -0.2) is 5.78 Å². The minimum atomic E-state index is 0.00214. The van der Waals surface area contributed by atoms with Crippen LogP contribution < -0.4 is 0 Å². The van der Waals surface area contributed by atoms with Crippen LogP contribution >= 0.6 is 12.6 Å². The number of fused-ring (bicyclic) bond motifs is 5. The Labute approximate surface area is 126 Å². The quantitative estimate of drug-likeness (QED) is 0.699.